The van der Waals surface area contributed by atoms with E-state index < -0.39 is 10.0 Å². The first-order chi connectivity index (χ1) is 11.4. The number of amides is 1. The van der Waals surface area contributed by atoms with Gasteiger partial charge in [0, 0.05) is 28.2 Å². The van der Waals surface area contributed by atoms with E-state index >= 15 is 0 Å². The van der Waals surface area contributed by atoms with Gasteiger partial charge >= 0.3 is 0 Å². The predicted molar refractivity (Wildman–Crippen MR) is 96.6 cm³/mol. The summed E-state index contributed by atoms with van der Waals surface area (Å²) in [6, 6.07) is 8.63. The Morgan fingerprint density at radius 2 is 2.04 bits per heavy atom. The van der Waals surface area contributed by atoms with Crippen LogP contribution in [0.5, 0.6) is 0 Å². The molecule has 0 aliphatic carbocycles. The lowest BCUT2D eigenvalue weighted by molar-refractivity contribution is -0.110. The number of hydrogen-bond donors (Lipinski definition) is 2. The van der Waals surface area contributed by atoms with Crippen molar-refractivity contribution in [3.63, 3.8) is 0 Å². The molecule has 2 aromatic rings. The topological polar surface area (TPSA) is 75.3 Å². The SMILES string of the molecule is CC(C)=C1C(=O)Nc2ccc(S(=O)(=O)NCCc3cccs3)cc21. The van der Waals surface area contributed by atoms with Crippen LogP contribution in [0.1, 0.15) is 24.3 Å². The maximum Gasteiger partial charge on any atom is 0.256 e. The van der Waals surface area contributed by atoms with Gasteiger partial charge in [0.15, 0.2) is 0 Å². The fraction of sp³-hybridized carbons (Fsp3) is 0.235. The van der Waals surface area contributed by atoms with Gasteiger partial charge in [0.05, 0.1) is 4.90 Å². The van der Waals surface area contributed by atoms with Crippen molar-refractivity contribution in [1.82, 2.24) is 4.72 Å². The van der Waals surface area contributed by atoms with Gasteiger partial charge in [-0.25, -0.2) is 13.1 Å². The van der Waals surface area contributed by atoms with Crippen molar-refractivity contribution in [2.24, 2.45) is 0 Å². The van der Waals surface area contributed by atoms with Crippen LogP contribution in [0.3, 0.4) is 0 Å². The van der Waals surface area contributed by atoms with Crippen molar-refractivity contribution in [2.75, 3.05) is 11.9 Å². The fourth-order valence-electron chi connectivity index (χ4n) is 2.66. The van der Waals surface area contributed by atoms with Crippen LogP contribution in [0.4, 0.5) is 5.69 Å². The van der Waals surface area contributed by atoms with E-state index in [1.807, 2.05) is 31.4 Å². The Balaban J connectivity index is 1.82. The Morgan fingerprint density at radius 1 is 1.25 bits per heavy atom. The highest BCUT2D eigenvalue weighted by Gasteiger charge is 2.27. The Bertz CT molecular complexity index is 909. The van der Waals surface area contributed by atoms with E-state index in [1.54, 1.807) is 23.5 Å². The largest absolute Gasteiger partial charge is 0.321 e. The van der Waals surface area contributed by atoms with Crippen molar-refractivity contribution >= 4 is 38.5 Å². The molecule has 1 amide bonds. The molecule has 0 saturated carbocycles. The summed E-state index contributed by atoms with van der Waals surface area (Å²) in [7, 11) is -3.61. The highest BCUT2D eigenvalue weighted by Crippen LogP contribution is 2.35. The van der Waals surface area contributed by atoms with Crippen LogP contribution in [0, 0.1) is 0 Å². The Labute approximate surface area is 145 Å². The number of benzene rings is 1. The number of rotatable bonds is 5. The van der Waals surface area contributed by atoms with Crippen LogP contribution in [0.15, 0.2) is 46.2 Å². The molecule has 0 saturated heterocycles. The summed E-state index contributed by atoms with van der Waals surface area (Å²) in [5.74, 6) is -0.190. The number of hydrogen-bond acceptors (Lipinski definition) is 4. The molecule has 0 fully saturated rings. The van der Waals surface area contributed by atoms with Crippen LogP contribution in [0.25, 0.3) is 5.57 Å². The molecule has 3 rings (SSSR count). The minimum atomic E-state index is -3.61. The van der Waals surface area contributed by atoms with Gasteiger partial charge in [0.2, 0.25) is 10.0 Å². The molecule has 0 spiro atoms. The fourth-order valence-corrected chi connectivity index (χ4v) is 4.42. The van der Waals surface area contributed by atoms with Gasteiger partial charge in [-0.3, -0.25) is 4.79 Å². The summed E-state index contributed by atoms with van der Waals surface area (Å²) in [4.78, 5) is 13.3. The van der Waals surface area contributed by atoms with E-state index in [0.717, 1.165) is 10.5 Å². The number of carbonyl (C=O) groups excluding carboxylic acids is 1. The molecule has 126 valence electrons. The molecule has 2 N–H and O–H groups in total. The molecular weight excluding hydrogens is 344 g/mol. The van der Waals surface area contributed by atoms with Crippen LogP contribution in [0.2, 0.25) is 0 Å². The zero-order valence-corrected chi connectivity index (χ0v) is 15.1. The highest BCUT2D eigenvalue weighted by molar-refractivity contribution is 7.89. The highest BCUT2D eigenvalue weighted by atomic mass is 32.2. The normalized spacial score (nSPS) is 13.8. The molecular formula is C17H18N2O3S2. The molecule has 0 atom stereocenters. The van der Waals surface area contributed by atoms with Crippen molar-refractivity contribution < 1.29 is 13.2 Å². The molecule has 0 radical (unpaired) electrons. The van der Waals surface area contributed by atoms with E-state index in [4.69, 9.17) is 0 Å². The Morgan fingerprint density at radius 3 is 2.71 bits per heavy atom. The number of nitrogens with one attached hydrogen (secondary N) is 2. The van der Waals surface area contributed by atoms with Crippen molar-refractivity contribution in [3.8, 4) is 0 Å². The second kappa shape index (κ2) is 6.51. The van der Waals surface area contributed by atoms with E-state index in [-0.39, 0.29) is 10.8 Å². The number of sulfonamides is 1. The number of anilines is 1. The quantitative estimate of drug-likeness (QED) is 0.803. The molecule has 1 aromatic carbocycles. The predicted octanol–water partition coefficient (Wildman–Crippen LogP) is 3.01. The van der Waals surface area contributed by atoms with Gasteiger partial charge in [-0.1, -0.05) is 11.6 Å². The smallest absolute Gasteiger partial charge is 0.256 e. The molecule has 2 heterocycles. The minimum absolute atomic E-state index is 0.169. The van der Waals surface area contributed by atoms with Gasteiger partial charge in [0.25, 0.3) is 5.91 Å². The Kier molecular flexibility index (Phi) is 4.58. The van der Waals surface area contributed by atoms with Crippen molar-refractivity contribution in [1.29, 1.82) is 0 Å². The lowest BCUT2D eigenvalue weighted by atomic mass is 10.0. The van der Waals surface area contributed by atoms with Crippen molar-refractivity contribution in [3.05, 3.63) is 51.7 Å². The molecule has 1 aliphatic heterocycles. The van der Waals surface area contributed by atoms with E-state index in [2.05, 4.69) is 10.0 Å². The molecule has 7 heteroatoms. The van der Waals surface area contributed by atoms with E-state index in [9.17, 15) is 13.2 Å². The minimum Gasteiger partial charge on any atom is -0.321 e. The van der Waals surface area contributed by atoms with Crippen molar-refractivity contribution in [2.45, 2.75) is 25.2 Å². The second-order valence-corrected chi connectivity index (χ2v) is 8.56. The lowest BCUT2D eigenvalue weighted by Crippen LogP contribution is -2.25. The average Bonchev–Trinajstić information content (AvgIpc) is 3.12. The van der Waals surface area contributed by atoms with Crippen LogP contribution in [-0.4, -0.2) is 20.9 Å². The standard InChI is InChI=1S/C17H18N2O3S2/c1-11(2)16-14-10-13(5-6-15(14)19-17(16)20)24(21,22)18-8-7-12-4-3-9-23-12/h3-6,9-10,18H,7-8H2,1-2H3,(H,19,20). The maximum atomic E-state index is 12.5. The molecule has 1 aromatic heterocycles. The van der Waals surface area contributed by atoms with Gasteiger partial charge in [-0.15, -0.1) is 11.3 Å². The molecule has 0 bridgehead atoms. The van der Waals surface area contributed by atoms with Crippen LogP contribution < -0.4 is 10.0 Å². The monoisotopic (exact) mass is 362 g/mol. The van der Waals surface area contributed by atoms with Gasteiger partial charge in [-0.05, 0) is 49.9 Å². The van der Waals surface area contributed by atoms with Gasteiger partial charge in [-0.2, -0.15) is 0 Å². The molecule has 24 heavy (non-hydrogen) atoms. The zero-order chi connectivity index (χ0) is 17.3. The van der Waals surface area contributed by atoms with E-state index in [0.29, 0.717) is 29.8 Å². The first kappa shape index (κ1) is 16.9. The lowest BCUT2D eigenvalue weighted by Gasteiger charge is -2.08. The molecule has 0 unspecified atom stereocenters. The third-order valence-corrected chi connectivity index (χ3v) is 6.18. The third kappa shape index (κ3) is 3.28. The van der Waals surface area contributed by atoms with Crippen LogP contribution >= 0.6 is 11.3 Å². The number of fused-ring (bicyclic) bond motifs is 1. The molecule has 5 nitrogen and oxygen atoms in total. The molecule has 1 aliphatic rings. The summed E-state index contributed by atoms with van der Waals surface area (Å²) in [5, 5.41) is 4.73. The first-order valence-corrected chi connectivity index (χ1v) is 9.90. The second-order valence-electron chi connectivity index (χ2n) is 5.76. The summed E-state index contributed by atoms with van der Waals surface area (Å²) < 4.78 is 27.6. The third-order valence-electron chi connectivity index (χ3n) is 3.79. The maximum absolute atomic E-state index is 12.5. The Hall–Kier alpha value is -1.96. The summed E-state index contributed by atoms with van der Waals surface area (Å²) in [5.41, 5.74) is 2.68. The first-order valence-electron chi connectivity index (χ1n) is 7.54. The summed E-state index contributed by atoms with van der Waals surface area (Å²) in [6.07, 6.45) is 0.654. The number of thiophene rings is 1. The summed E-state index contributed by atoms with van der Waals surface area (Å²) in [6.45, 7) is 4.02. The van der Waals surface area contributed by atoms with Gasteiger partial charge < -0.3 is 5.32 Å². The van der Waals surface area contributed by atoms with Gasteiger partial charge in [0.1, 0.15) is 0 Å². The summed E-state index contributed by atoms with van der Waals surface area (Å²) >= 11 is 1.60. The van der Waals surface area contributed by atoms with Crippen LogP contribution in [-0.2, 0) is 21.2 Å². The average molecular weight is 362 g/mol. The van der Waals surface area contributed by atoms with E-state index in [1.165, 1.54) is 6.07 Å². The number of allylic oxidation sites excluding steroid dienone is 1. The number of carbonyl (C=O) groups is 1. The zero-order valence-electron chi connectivity index (χ0n) is 13.4.